The minimum Gasteiger partial charge on any atom is -0.478 e. The number of benzene rings is 3. The van der Waals surface area contributed by atoms with E-state index >= 15 is 0 Å². The Morgan fingerprint density at radius 3 is 2.20 bits per heavy atom. The second-order valence-corrected chi connectivity index (χ2v) is 7.74. The fourth-order valence-corrected chi connectivity index (χ4v) is 4.79. The monoisotopic (exact) mass is 399 g/mol. The van der Waals surface area contributed by atoms with Gasteiger partial charge >= 0.3 is 12.1 Å². The Balaban J connectivity index is 1.30. The van der Waals surface area contributed by atoms with Crippen molar-refractivity contribution in [2.45, 2.75) is 24.8 Å². The number of fused-ring (bicyclic) bond motifs is 4. The number of hydrogen-bond donors (Lipinski definition) is 2. The van der Waals surface area contributed by atoms with E-state index in [-0.39, 0.29) is 18.6 Å². The summed E-state index contributed by atoms with van der Waals surface area (Å²) >= 11 is 0. The highest BCUT2D eigenvalue weighted by Gasteiger charge is 2.31. The molecular weight excluding hydrogens is 378 g/mol. The molecule has 2 N–H and O–H groups in total. The average Bonchev–Trinajstić information content (AvgIpc) is 3.31. The number of carbonyl (C=O) groups is 2. The SMILES string of the molecule is O=C(NC1CCc2c(C(=O)O)cccc21)OCC1c2ccccc2-c2ccccc21. The van der Waals surface area contributed by atoms with E-state index in [0.717, 1.165) is 11.1 Å². The van der Waals surface area contributed by atoms with E-state index in [1.807, 2.05) is 30.3 Å². The molecule has 2 aliphatic rings. The Kier molecular flexibility index (Phi) is 4.51. The molecule has 30 heavy (non-hydrogen) atoms. The zero-order valence-corrected chi connectivity index (χ0v) is 16.3. The molecule has 1 amide bonds. The number of amides is 1. The second kappa shape index (κ2) is 7.34. The van der Waals surface area contributed by atoms with Crippen molar-refractivity contribution in [2.24, 2.45) is 0 Å². The van der Waals surface area contributed by atoms with Gasteiger partial charge in [-0.05, 0) is 52.3 Å². The van der Waals surface area contributed by atoms with Crippen LogP contribution in [0, 0.1) is 0 Å². The van der Waals surface area contributed by atoms with Crippen LogP contribution in [-0.2, 0) is 11.2 Å². The first-order chi connectivity index (χ1) is 14.6. The molecular formula is C25H21NO4. The van der Waals surface area contributed by atoms with Gasteiger partial charge in [-0.1, -0.05) is 60.7 Å². The van der Waals surface area contributed by atoms with Crippen LogP contribution in [0.1, 0.15) is 51.0 Å². The molecule has 150 valence electrons. The third-order valence-corrected chi connectivity index (χ3v) is 6.14. The number of carbonyl (C=O) groups excluding carboxylic acids is 1. The highest BCUT2D eigenvalue weighted by molar-refractivity contribution is 5.90. The Morgan fingerprint density at radius 1 is 0.900 bits per heavy atom. The molecule has 3 aromatic rings. The summed E-state index contributed by atoms with van der Waals surface area (Å²) in [6.45, 7) is 0.259. The van der Waals surface area contributed by atoms with E-state index in [9.17, 15) is 14.7 Å². The first-order valence-electron chi connectivity index (χ1n) is 10.1. The maximum atomic E-state index is 12.6. The number of nitrogens with one attached hydrogen (secondary N) is 1. The maximum absolute atomic E-state index is 12.6. The van der Waals surface area contributed by atoms with Crippen LogP contribution in [0.4, 0.5) is 4.79 Å². The highest BCUT2D eigenvalue weighted by atomic mass is 16.5. The molecule has 5 rings (SSSR count). The lowest BCUT2D eigenvalue weighted by Crippen LogP contribution is -2.29. The molecule has 1 atom stereocenters. The van der Waals surface area contributed by atoms with Crippen LogP contribution in [0.2, 0.25) is 0 Å². The van der Waals surface area contributed by atoms with E-state index in [0.29, 0.717) is 18.4 Å². The lowest BCUT2D eigenvalue weighted by Gasteiger charge is -2.17. The first kappa shape index (κ1) is 18.4. The normalized spacial score (nSPS) is 16.5. The summed E-state index contributed by atoms with van der Waals surface area (Å²) in [7, 11) is 0. The summed E-state index contributed by atoms with van der Waals surface area (Å²) in [4.78, 5) is 24.0. The zero-order valence-electron chi connectivity index (χ0n) is 16.3. The summed E-state index contributed by atoms with van der Waals surface area (Å²) < 4.78 is 5.63. The van der Waals surface area contributed by atoms with E-state index < -0.39 is 12.1 Å². The molecule has 0 bridgehead atoms. The van der Waals surface area contributed by atoms with Gasteiger partial charge < -0.3 is 15.2 Å². The van der Waals surface area contributed by atoms with Gasteiger partial charge in [0.25, 0.3) is 0 Å². The Hall–Kier alpha value is -3.60. The lowest BCUT2D eigenvalue weighted by atomic mass is 9.98. The largest absolute Gasteiger partial charge is 0.478 e. The standard InChI is InChI=1S/C25H21NO4/c27-24(28)21-11-5-10-20-19(21)12-13-23(20)26-25(29)30-14-22-17-8-3-1-6-15(17)16-7-2-4-9-18(16)22/h1-11,22-23H,12-14H2,(H,26,29)(H,27,28). The Labute approximate surface area is 174 Å². The number of aromatic carboxylic acids is 1. The van der Waals surface area contributed by atoms with Crippen LogP contribution in [0.25, 0.3) is 11.1 Å². The van der Waals surface area contributed by atoms with E-state index in [2.05, 4.69) is 29.6 Å². The first-order valence-corrected chi connectivity index (χ1v) is 10.1. The number of alkyl carbamates (subject to hydrolysis) is 1. The zero-order chi connectivity index (χ0) is 20.7. The molecule has 1 unspecified atom stereocenters. The molecule has 0 aliphatic heterocycles. The number of hydrogen-bond acceptors (Lipinski definition) is 3. The number of carboxylic acid groups (broad SMARTS) is 1. The van der Waals surface area contributed by atoms with Crippen molar-refractivity contribution in [2.75, 3.05) is 6.61 Å². The molecule has 3 aromatic carbocycles. The Bertz CT molecular complexity index is 1110. The molecule has 0 radical (unpaired) electrons. The van der Waals surface area contributed by atoms with Crippen molar-refractivity contribution in [3.63, 3.8) is 0 Å². The van der Waals surface area contributed by atoms with E-state index in [4.69, 9.17) is 4.74 Å². The minimum atomic E-state index is -0.936. The molecule has 0 fully saturated rings. The van der Waals surface area contributed by atoms with E-state index in [1.54, 1.807) is 12.1 Å². The summed E-state index contributed by atoms with van der Waals surface area (Å²) in [5.41, 5.74) is 6.69. The van der Waals surface area contributed by atoms with Crippen LogP contribution >= 0.6 is 0 Å². The molecule has 5 nitrogen and oxygen atoms in total. The fraction of sp³-hybridized carbons (Fsp3) is 0.200. The second-order valence-electron chi connectivity index (χ2n) is 7.74. The number of carboxylic acids is 1. The van der Waals surface area contributed by atoms with Gasteiger partial charge in [-0.2, -0.15) is 0 Å². The number of ether oxygens (including phenoxy) is 1. The smallest absolute Gasteiger partial charge is 0.407 e. The topological polar surface area (TPSA) is 75.6 Å². The predicted octanol–water partition coefficient (Wildman–Crippen LogP) is 4.91. The molecule has 2 aliphatic carbocycles. The van der Waals surface area contributed by atoms with Crippen molar-refractivity contribution in [3.05, 3.63) is 94.5 Å². The number of rotatable bonds is 4. The van der Waals surface area contributed by atoms with Crippen LogP contribution in [0.5, 0.6) is 0 Å². The molecule has 0 saturated carbocycles. The van der Waals surface area contributed by atoms with Crippen LogP contribution in [0.3, 0.4) is 0 Å². The maximum Gasteiger partial charge on any atom is 0.407 e. The van der Waals surface area contributed by atoms with Crippen LogP contribution in [-0.4, -0.2) is 23.8 Å². The van der Waals surface area contributed by atoms with Gasteiger partial charge in [-0.3, -0.25) is 0 Å². The average molecular weight is 399 g/mol. The van der Waals surface area contributed by atoms with Crippen molar-refractivity contribution in [1.82, 2.24) is 5.32 Å². The van der Waals surface area contributed by atoms with E-state index in [1.165, 1.54) is 22.3 Å². The predicted molar refractivity (Wildman–Crippen MR) is 113 cm³/mol. The van der Waals surface area contributed by atoms with Crippen LogP contribution in [0.15, 0.2) is 66.7 Å². The Morgan fingerprint density at radius 2 is 1.53 bits per heavy atom. The van der Waals surface area contributed by atoms with Gasteiger partial charge in [0.05, 0.1) is 11.6 Å². The van der Waals surface area contributed by atoms with Gasteiger partial charge in [0.1, 0.15) is 6.61 Å². The van der Waals surface area contributed by atoms with Gasteiger partial charge in [-0.15, -0.1) is 0 Å². The van der Waals surface area contributed by atoms with Gasteiger partial charge in [0.2, 0.25) is 0 Å². The summed E-state index contributed by atoms with van der Waals surface area (Å²) in [5, 5.41) is 12.3. The summed E-state index contributed by atoms with van der Waals surface area (Å²) in [6, 6.07) is 21.4. The van der Waals surface area contributed by atoms with Crippen LogP contribution < -0.4 is 5.32 Å². The van der Waals surface area contributed by atoms with Gasteiger partial charge in [0.15, 0.2) is 0 Å². The molecule has 5 heteroatoms. The molecule has 0 spiro atoms. The van der Waals surface area contributed by atoms with Gasteiger partial charge in [-0.25, -0.2) is 9.59 Å². The lowest BCUT2D eigenvalue weighted by molar-refractivity contribution is 0.0695. The third kappa shape index (κ3) is 3.03. The van der Waals surface area contributed by atoms with Gasteiger partial charge in [0, 0.05) is 5.92 Å². The molecule has 0 heterocycles. The highest BCUT2D eigenvalue weighted by Crippen LogP contribution is 2.44. The molecule has 0 saturated heterocycles. The van der Waals surface area contributed by atoms with Crippen molar-refractivity contribution in [1.29, 1.82) is 0 Å². The van der Waals surface area contributed by atoms with Crippen molar-refractivity contribution < 1.29 is 19.4 Å². The summed E-state index contributed by atoms with van der Waals surface area (Å²) in [5.74, 6) is -0.925. The van der Waals surface area contributed by atoms with Crippen molar-refractivity contribution >= 4 is 12.1 Å². The fourth-order valence-electron chi connectivity index (χ4n) is 4.79. The quantitative estimate of drug-likeness (QED) is 0.654. The minimum absolute atomic E-state index is 0.0117. The molecule has 0 aromatic heterocycles. The third-order valence-electron chi connectivity index (χ3n) is 6.14. The summed E-state index contributed by atoms with van der Waals surface area (Å²) in [6.07, 6.45) is 0.825. The van der Waals surface area contributed by atoms with Crippen molar-refractivity contribution in [3.8, 4) is 11.1 Å².